The lowest BCUT2D eigenvalue weighted by Crippen LogP contribution is -2.07. The number of aromatic nitrogens is 2. The lowest BCUT2D eigenvalue weighted by Gasteiger charge is -2.04. The van der Waals surface area contributed by atoms with Crippen LogP contribution in [-0.4, -0.2) is 23.3 Å². The SMILES string of the molecule is COCCn1c(N)nc2cc(Cl)ccc21. The fourth-order valence-corrected chi connectivity index (χ4v) is 1.71. The summed E-state index contributed by atoms with van der Waals surface area (Å²) in [5.74, 6) is 0.490. The Kier molecular flexibility index (Phi) is 2.79. The monoisotopic (exact) mass is 225 g/mol. The predicted molar refractivity (Wildman–Crippen MR) is 61.0 cm³/mol. The van der Waals surface area contributed by atoms with Crippen LogP contribution in [-0.2, 0) is 11.3 Å². The molecule has 0 aliphatic rings. The first-order valence-electron chi connectivity index (χ1n) is 4.62. The molecule has 0 aliphatic carbocycles. The first-order chi connectivity index (χ1) is 7.22. The van der Waals surface area contributed by atoms with E-state index in [1.165, 1.54) is 0 Å². The van der Waals surface area contributed by atoms with E-state index in [4.69, 9.17) is 22.1 Å². The van der Waals surface area contributed by atoms with Crippen molar-refractivity contribution in [2.45, 2.75) is 6.54 Å². The number of nitrogen functional groups attached to an aromatic ring is 1. The van der Waals surface area contributed by atoms with Gasteiger partial charge in [0.1, 0.15) is 0 Å². The molecule has 0 radical (unpaired) electrons. The van der Waals surface area contributed by atoms with E-state index >= 15 is 0 Å². The highest BCUT2D eigenvalue weighted by Gasteiger charge is 2.07. The molecule has 4 nitrogen and oxygen atoms in total. The molecule has 0 spiro atoms. The Morgan fingerprint density at radius 3 is 3.07 bits per heavy atom. The smallest absolute Gasteiger partial charge is 0.201 e. The average molecular weight is 226 g/mol. The quantitative estimate of drug-likeness (QED) is 0.868. The van der Waals surface area contributed by atoms with Gasteiger partial charge >= 0.3 is 0 Å². The van der Waals surface area contributed by atoms with E-state index < -0.39 is 0 Å². The molecule has 15 heavy (non-hydrogen) atoms. The molecule has 2 aromatic rings. The first kappa shape index (κ1) is 10.3. The summed E-state index contributed by atoms with van der Waals surface area (Å²) in [7, 11) is 1.66. The summed E-state index contributed by atoms with van der Waals surface area (Å²) in [6, 6.07) is 5.54. The Bertz CT molecular complexity index is 481. The third-order valence-electron chi connectivity index (χ3n) is 2.26. The minimum atomic E-state index is 0.490. The van der Waals surface area contributed by atoms with Crippen LogP contribution in [0.2, 0.25) is 5.02 Å². The molecule has 1 aromatic heterocycles. The summed E-state index contributed by atoms with van der Waals surface area (Å²) in [4.78, 5) is 4.23. The van der Waals surface area contributed by atoms with Crippen LogP contribution in [0.15, 0.2) is 18.2 Å². The van der Waals surface area contributed by atoms with E-state index in [1.807, 2.05) is 16.7 Å². The standard InChI is InChI=1S/C10H12ClN3O/c1-15-5-4-14-9-3-2-7(11)6-8(9)13-10(14)12/h2-3,6H,4-5H2,1H3,(H2,12,13). The summed E-state index contributed by atoms with van der Waals surface area (Å²) >= 11 is 5.87. The van der Waals surface area contributed by atoms with Gasteiger partial charge < -0.3 is 15.0 Å². The Hall–Kier alpha value is -1.26. The zero-order valence-electron chi connectivity index (χ0n) is 8.40. The van der Waals surface area contributed by atoms with E-state index in [9.17, 15) is 0 Å². The second-order valence-corrected chi connectivity index (χ2v) is 3.68. The number of hydrogen-bond acceptors (Lipinski definition) is 3. The number of fused-ring (bicyclic) bond motifs is 1. The van der Waals surface area contributed by atoms with Gasteiger partial charge in [-0.3, -0.25) is 0 Å². The number of nitrogens with two attached hydrogens (primary N) is 1. The van der Waals surface area contributed by atoms with Crippen LogP contribution in [0.25, 0.3) is 11.0 Å². The number of anilines is 1. The van der Waals surface area contributed by atoms with Crippen molar-refractivity contribution >= 4 is 28.6 Å². The Morgan fingerprint density at radius 2 is 2.33 bits per heavy atom. The molecule has 0 aliphatic heterocycles. The van der Waals surface area contributed by atoms with Crippen molar-refractivity contribution in [2.75, 3.05) is 19.5 Å². The number of benzene rings is 1. The molecule has 1 aromatic carbocycles. The maximum atomic E-state index is 5.87. The predicted octanol–water partition coefficient (Wildman–Crippen LogP) is 1.92. The molecular formula is C10H12ClN3O. The van der Waals surface area contributed by atoms with Crippen molar-refractivity contribution in [3.63, 3.8) is 0 Å². The maximum Gasteiger partial charge on any atom is 0.201 e. The van der Waals surface area contributed by atoms with Gasteiger partial charge in [-0.25, -0.2) is 4.98 Å². The van der Waals surface area contributed by atoms with Gasteiger partial charge in [0.15, 0.2) is 0 Å². The van der Waals surface area contributed by atoms with E-state index in [0.717, 1.165) is 11.0 Å². The third-order valence-corrected chi connectivity index (χ3v) is 2.49. The van der Waals surface area contributed by atoms with Crippen molar-refractivity contribution in [2.24, 2.45) is 0 Å². The van der Waals surface area contributed by atoms with Gasteiger partial charge in [-0.1, -0.05) is 11.6 Å². The molecule has 2 rings (SSSR count). The number of imidazole rings is 1. The van der Waals surface area contributed by atoms with E-state index in [0.29, 0.717) is 24.1 Å². The highest BCUT2D eigenvalue weighted by Crippen LogP contribution is 2.21. The molecule has 2 N–H and O–H groups in total. The fourth-order valence-electron chi connectivity index (χ4n) is 1.54. The first-order valence-corrected chi connectivity index (χ1v) is 5.00. The van der Waals surface area contributed by atoms with Crippen LogP contribution in [0.1, 0.15) is 0 Å². The minimum Gasteiger partial charge on any atom is -0.383 e. The van der Waals surface area contributed by atoms with Crippen LogP contribution in [0, 0.1) is 0 Å². The topological polar surface area (TPSA) is 53.1 Å². The molecule has 80 valence electrons. The van der Waals surface area contributed by atoms with Crippen molar-refractivity contribution in [3.05, 3.63) is 23.2 Å². The van der Waals surface area contributed by atoms with Crippen LogP contribution in [0.4, 0.5) is 5.95 Å². The largest absolute Gasteiger partial charge is 0.383 e. The maximum absolute atomic E-state index is 5.87. The summed E-state index contributed by atoms with van der Waals surface area (Å²) in [5.41, 5.74) is 7.59. The summed E-state index contributed by atoms with van der Waals surface area (Å²) in [6.45, 7) is 1.30. The molecule has 0 amide bonds. The van der Waals surface area contributed by atoms with E-state index in [-0.39, 0.29) is 0 Å². The number of nitrogens with zero attached hydrogens (tertiary/aromatic N) is 2. The number of hydrogen-bond donors (Lipinski definition) is 1. The molecule has 0 saturated carbocycles. The van der Waals surface area contributed by atoms with E-state index in [1.54, 1.807) is 13.2 Å². The lowest BCUT2D eigenvalue weighted by atomic mass is 10.3. The van der Waals surface area contributed by atoms with Gasteiger partial charge in [0.05, 0.1) is 17.6 Å². The normalized spacial score (nSPS) is 11.1. The molecule has 1 heterocycles. The highest BCUT2D eigenvalue weighted by atomic mass is 35.5. The van der Waals surface area contributed by atoms with Crippen LogP contribution < -0.4 is 5.73 Å². The molecule has 5 heteroatoms. The number of halogens is 1. The number of rotatable bonds is 3. The zero-order chi connectivity index (χ0) is 10.8. The second kappa shape index (κ2) is 4.08. The average Bonchev–Trinajstić information content (AvgIpc) is 2.50. The van der Waals surface area contributed by atoms with Gasteiger partial charge in [0.2, 0.25) is 5.95 Å². The molecular weight excluding hydrogens is 214 g/mol. The molecule has 0 bridgehead atoms. The highest BCUT2D eigenvalue weighted by molar-refractivity contribution is 6.31. The van der Waals surface area contributed by atoms with Crippen molar-refractivity contribution in [1.29, 1.82) is 0 Å². The van der Waals surface area contributed by atoms with Gasteiger partial charge in [0.25, 0.3) is 0 Å². The third kappa shape index (κ3) is 1.91. The van der Waals surface area contributed by atoms with Gasteiger partial charge in [-0.15, -0.1) is 0 Å². The second-order valence-electron chi connectivity index (χ2n) is 3.25. The molecule has 0 unspecified atom stereocenters. The summed E-state index contributed by atoms with van der Waals surface area (Å²) in [6.07, 6.45) is 0. The Morgan fingerprint density at radius 1 is 1.53 bits per heavy atom. The van der Waals surface area contributed by atoms with E-state index in [2.05, 4.69) is 4.98 Å². The molecule has 0 fully saturated rings. The number of methoxy groups -OCH3 is 1. The summed E-state index contributed by atoms with van der Waals surface area (Å²) < 4.78 is 6.92. The van der Waals surface area contributed by atoms with Crippen LogP contribution in [0.3, 0.4) is 0 Å². The van der Waals surface area contributed by atoms with Crippen LogP contribution in [0.5, 0.6) is 0 Å². The van der Waals surface area contributed by atoms with Crippen molar-refractivity contribution < 1.29 is 4.74 Å². The fraction of sp³-hybridized carbons (Fsp3) is 0.300. The molecule has 0 saturated heterocycles. The zero-order valence-corrected chi connectivity index (χ0v) is 9.16. The molecule has 0 atom stereocenters. The number of ether oxygens (including phenoxy) is 1. The van der Waals surface area contributed by atoms with Gasteiger partial charge in [0, 0.05) is 18.7 Å². The lowest BCUT2D eigenvalue weighted by molar-refractivity contribution is 0.189. The summed E-state index contributed by atoms with van der Waals surface area (Å²) in [5, 5.41) is 0.666. The minimum absolute atomic E-state index is 0.490. The Labute approximate surface area is 92.6 Å². The Balaban J connectivity index is 2.48. The van der Waals surface area contributed by atoms with Crippen molar-refractivity contribution in [3.8, 4) is 0 Å². The van der Waals surface area contributed by atoms with Crippen LogP contribution >= 0.6 is 11.6 Å². The van der Waals surface area contributed by atoms with Gasteiger partial charge in [-0.05, 0) is 18.2 Å². The van der Waals surface area contributed by atoms with Crippen molar-refractivity contribution in [1.82, 2.24) is 9.55 Å². The van der Waals surface area contributed by atoms with Gasteiger partial charge in [-0.2, -0.15) is 0 Å².